The third-order valence-corrected chi connectivity index (χ3v) is 5.49. The second-order valence-corrected chi connectivity index (χ2v) is 7.37. The zero-order chi connectivity index (χ0) is 20.6. The lowest BCUT2D eigenvalue weighted by molar-refractivity contribution is -0.686. The predicted octanol–water partition coefficient (Wildman–Crippen LogP) is 1.84. The largest absolute Gasteiger partial charge is 0.421 e. The number of benzene rings is 1. The summed E-state index contributed by atoms with van der Waals surface area (Å²) >= 11 is 0. The second kappa shape index (κ2) is 10.4. The van der Waals surface area contributed by atoms with Gasteiger partial charge >= 0.3 is 5.95 Å². The maximum Gasteiger partial charge on any atom is 0.421 e. The van der Waals surface area contributed by atoms with Gasteiger partial charge in [0.15, 0.2) is 0 Å². The van der Waals surface area contributed by atoms with Gasteiger partial charge in [-0.1, -0.05) is 5.11 Å². The van der Waals surface area contributed by atoms with E-state index >= 15 is 0 Å². The summed E-state index contributed by atoms with van der Waals surface area (Å²) in [7, 11) is 0. The van der Waals surface area contributed by atoms with Crippen LogP contribution in [0.3, 0.4) is 0 Å². The lowest BCUT2D eigenvalue weighted by atomic mass is 10.1. The van der Waals surface area contributed by atoms with Crippen molar-refractivity contribution in [2.24, 2.45) is 16.0 Å². The summed E-state index contributed by atoms with van der Waals surface area (Å²) in [6.45, 7) is 11.9. The number of nitrogens with two attached hydrogens (primary N) is 1. The fraction of sp³-hybridized carbons (Fsp3) is 0.571. The highest BCUT2D eigenvalue weighted by Crippen LogP contribution is 2.36. The number of aromatic nitrogens is 2. The highest BCUT2D eigenvalue weighted by atomic mass is 15.3. The standard InChI is InChI=1S/C21H35N8/c1-3-26-13-14-27(4-2)20-17-18(7-8-19(20)26)24-25-21-28(11-5-9-22)15-16-29(21)12-6-10-23/h7-8,15-17H,3-6,9-14,22-23H2,1-2H3/q+1/p+1. The number of likely N-dealkylation sites (N-methyl/N-ethyl adjacent to an activating group) is 2. The number of rotatable bonds is 10. The third-order valence-electron chi connectivity index (χ3n) is 5.49. The Labute approximate surface area is 173 Å². The second-order valence-electron chi connectivity index (χ2n) is 7.37. The van der Waals surface area contributed by atoms with Crippen molar-refractivity contribution in [3.05, 3.63) is 30.6 Å². The number of hydrogen-bond acceptors (Lipinski definition) is 5. The predicted molar refractivity (Wildman–Crippen MR) is 117 cm³/mol. The van der Waals surface area contributed by atoms with Gasteiger partial charge in [-0.15, -0.1) is 0 Å². The van der Waals surface area contributed by atoms with Crippen molar-refractivity contribution in [1.82, 2.24) is 4.57 Å². The minimum absolute atomic E-state index is 0.666. The van der Waals surface area contributed by atoms with Gasteiger partial charge in [0.2, 0.25) is 0 Å². The maximum atomic E-state index is 5.70. The van der Waals surface area contributed by atoms with Gasteiger partial charge < -0.3 is 21.3 Å². The van der Waals surface area contributed by atoms with Crippen molar-refractivity contribution >= 4 is 23.0 Å². The Hall–Kier alpha value is -2.45. The summed E-state index contributed by atoms with van der Waals surface area (Å²) in [6, 6.07) is 6.41. The summed E-state index contributed by atoms with van der Waals surface area (Å²) in [6.07, 6.45) is 6.08. The molecule has 1 aromatic heterocycles. The molecule has 0 saturated carbocycles. The molecule has 29 heavy (non-hydrogen) atoms. The molecular formula is C21H36N8+2. The van der Waals surface area contributed by atoms with Crippen LogP contribution in [0, 0.1) is 0 Å². The van der Waals surface area contributed by atoms with Crippen molar-refractivity contribution < 1.29 is 10.3 Å². The number of imidazole rings is 1. The minimum Gasteiger partial charge on any atom is -0.368 e. The van der Waals surface area contributed by atoms with Gasteiger partial charge in [-0.2, -0.15) is 0 Å². The Kier molecular flexibility index (Phi) is 7.60. The monoisotopic (exact) mass is 400 g/mol. The molecule has 0 spiro atoms. The number of aryl methyl sites for hydroxylation is 2. The molecule has 0 aliphatic carbocycles. The topological polar surface area (TPSA) is 93.7 Å². The molecule has 1 aliphatic heterocycles. The SMILES string of the molecule is CCN1CCN(CC)c2cc(N=Nc3n(CCCN)cc[n+]3CCC[NH3+])ccc21. The van der Waals surface area contributed by atoms with Gasteiger partial charge in [-0.25, -0.2) is 9.13 Å². The van der Waals surface area contributed by atoms with Crippen molar-refractivity contribution in [2.75, 3.05) is 49.1 Å². The Morgan fingerprint density at radius 3 is 2.52 bits per heavy atom. The van der Waals surface area contributed by atoms with Crippen LogP contribution in [0.25, 0.3) is 0 Å². The van der Waals surface area contributed by atoms with E-state index in [0.29, 0.717) is 6.54 Å². The lowest BCUT2D eigenvalue weighted by Gasteiger charge is -2.38. The first-order chi connectivity index (χ1) is 14.2. The van der Waals surface area contributed by atoms with Crippen LogP contribution in [0.5, 0.6) is 0 Å². The summed E-state index contributed by atoms with van der Waals surface area (Å²) in [5.41, 5.74) is 13.1. The maximum absolute atomic E-state index is 5.70. The number of azo groups is 1. The van der Waals surface area contributed by atoms with E-state index in [-0.39, 0.29) is 0 Å². The van der Waals surface area contributed by atoms with Crippen LogP contribution >= 0.6 is 0 Å². The molecular weight excluding hydrogens is 364 g/mol. The van der Waals surface area contributed by atoms with Gasteiger partial charge in [0.25, 0.3) is 0 Å². The Bertz CT molecular complexity index is 788. The van der Waals surface area contributed by atoms with Gasteiger partial charge in [-0.3, -0.25) is 0 Å². The van der Waals surface area contributed by atoms with E-state index in [0.717, 1.165) is 70.3 Å². The number of quaternary nitrogens is 1. The molecule has 0 saturated heterocycles. The van der Waals surface area contributed by atoms with E-state index in [4.69, 9.17) is 5.73 Å². The van der Waals surface area contributed by atoms with E-state index in [2.05, 4.69) is 79.3 Å². The summed E-state index contributed by atoms with van der Waals surface area (Å²) in [4.78, 5) is 4.84. The average Bonchev–Trinajstić information content (AvgIpc) is 3.15. The molecule has 5 N–H and O–H groups in total. The molecule has 1 aliphatic rings. The third kappa shape index (κ3) is 4.94. The van der Waals surface area contributed by atoms with Gasteiger partial charge in [0, 0.05) is 37.7 Å². The Balaban J connectivity index is 1.88. The fourth-order valence-electron chi connectivity index (χ4n) is 3.80. The van der Waals surface area contributed by atoms with Crippen LogP contribution in [0.15, 0.2) is 40.8 Å². The Morgan fingerprint density at radius 1 is 1.07 bits per heavy atom. The smallest absolute Gasteiger partial charge is 0.368 e. The zero-order valence-electron chi connectivity index (χ0n) is 17.9. The van der Waals surface area contributed by atoms with Crippen molar-refractivity contribution in [3.63, 3.8) is 0 Å². The molecule has 1 aromatic carbocycles. The van der Waals surface area contributed by atoms with Gasteiger partial charge in [-0.05, 0) is 45.0 Å². The van der Waals surface area contributed by atoms with Gasteiger partial charge in [0.1, 0.15) is 5.69 Å². The summed E-state index contributed by atoms with van der Waals surface area (Å²) < 4.78 is 4.29. The minimum atomic E-state index is 0.666. The van der Waals surface area contributed by atoms with Crippen molar-refractivity contribution in [3.8, 4) is 0 Å². The van der Waals surface area contributed by atoms with Crippen LogP contribution < -0.4 is 25.8 Å². The molecule has 0 bridgehead atoms. The number of anilines is 2. The van der Waals surface area contributed by atoms with E-state index < -0.39 is 0 Å². The lowest BCUT2D eigenvalue weighted by Crippen LogP contribution is -2.51. The molecule has 2 aromatic rings. The molecule has 8 heteroatoms. The van der Waals surface area contributed by atoms with Crippen LogP contribution in [-0.4, -0.2) is 43.8 Å². The molecule has 0 amide bonds. The highest BCUT2D eigenvalue weighted by Gasteiger charge is 2.22. The molecule has 158 valence electrons. The van der Waals surface area contributed by atoms with Crippen molar-refractivity contribution in [1.29, 1.82) is 0 Å². The first-order valence-corrected chi connectivity index (χ1v) is 10.8. The normalized spacial score (nSPS) is 14.1. The molecule has 0 unspecified atom stereocenters. The van der Waals surface area contributed by atoms with E-state index in [1.807, 2.05) is 0 Å². The van der Waals surface area contributed by atoms with Crippen LogP contribution in [0.4, 0.5) is 23.0 Å². The molecule has 0 fully saturated rings. The molecule has 0 radical (unpaired) electrons. The molecule has 8 nitrogen and oxygen atoms in total. The first kappa shape index (κ1) is 21.3. The summed E-state index contributed by atoms with van der Waals surface area (Å²) in [5.74, 6) is 0.868. The van der Waals surface area contributed by atoms with Crippen LogP contribution in [0.1, 0.15) is 26.7 Å². The zero-order valence-corrected chi connectivity index (χ0v) is 17.9. The average molecular weight is 401 g/mol. The molecule has 2 heterocycles. The van der Waals surface area contributed by atoms with Crippen LogP contribution in [0.2, 0.25) is 0 Å². The Morgan fingerprint density at radius 2 is 1.83 bits per heavy atom. The van der Waals surface area contributed by atoms with E-state index in [1.54, 1.807) is 0 Å². The highest BCUT2D eigenvalue weighted by molar-refractivity contribution is 5.76. The number of hydrogen-bond donors (Lipinski definition) is 2. The summed E-state index contributed by atoms with van der Waals surface area (Å²) in [5, 5.41) is 9.24. The van der Waals surface area contributed by atoms with Crippen molar-refractivity contribution in [2.45, 2.75) is 39.8 Å². The van der Waals surface area contributed by atoms with E-state index in [1.165, 1.54) is 11.4 Å². The molecule has 0 atom stereocenters. The van der Waals surface area contributed by atoms with E-state index in [9.17, 15) is 0 Å². The molecule has 3 rings (SSSR count). The fourth-order valence-corrected chi connectivity index (χ4v) is 3.80. The quantitative estimate of drug-likeness (QED) is 0.471. The first-order valence-electron chi connectivity index (χ1n) is 10.8. The van der Waals surface area contributed by atoms with Crippen LogP contribution in [-0.2, 0) is 13.1 Å². The number of fused-ring (bicyclic) bond motifs is 1. The van der Waals surface area contributed by atoms with Gasteiger partial charge in [0.05, 0.1) is 43.4 Å². The number of nitrogens with zero attached hydrogens (tertiary/aromatic N) is 6.